The number of likely N-dealkylation sites (N-methyl/N-ethyl adjacent to an activating group) is 1. The Morgan fingerprint density at radius 2 is 1.78 bits per heavy atom. The van der Waals surface area contributed by atoms with E-state index in [4.69, 9.17) is 14.2 Å². The zero-order valence-corrected chi connectivity index (χ0v) is 21.0. The van der Waals surface area contributed by atoms with E-state index in [0.717, 1.165) is 0 Å². The van der Waals surface area contributed by atoms with Crippen LogP contribution in [0.1, 0.15) is 60.8 Å². The zero-order valence-electron chi connectivity index (χ0n) is 21.0. The van der Waals surface area contributed by atoms with Crippen molar-refractivity contribution in [2.45, 2.75) is 97.6 Å². The Kier molecular flexibility index (Phi) is 9.88. The van der Waals surface area contributed by atoms with Crippen LogP contribution >= 0.6 is 0 Å². The predicted octanol–water partition coefficient (Wildman–Crippen LogP) is 3.19. The highest BCUT2D eigenvalue weighted by Gasteiger charge is 2.42. The van der Waals surface area contributed by atoms with Crippen LogP contribution in [0.4, 0.5) is 0 Å². The standard InChI is InChI=1S/C25H43NO6/c1-9-21-14(2)10-11-20(27)15(3)12-16(4)23(18(6)24(29)31-21)32-25-22(28)19(26(7)8)13-17(5)30-25/h10-11,14-19,21-23,25,28H,9,12-13H2,1-8H3/b11-10-/t14-,15-,16+,17-,18-,19+,21?,22-,23?,25+/m1/s1. The van der Waals surface area contributed by atoms with Crippen molar-refractivity contribution in [2.75, 3.05) is 14.1 Å². The van der Waals surface area contributed by atoms with Gasteiger partial charge in [-0.25, -0.2) is 0 Å². The Balaban J connectivity index is 2.32. The van der Waals surface area contributed by atoms with Gasteiger partial charge < -0.3 is 24.2 Å². The van der Waals surface area contributed by atoms with Gasteiger partial charge in [0, 0.05) is 17.9 Å². The number of nitrogens with zero attached hydrogens (tertiary/aromatic N) is 1. The molecule has 2 unspecified atom stereocenters. The van der Waals surface area contributed by atoms with Crippen LogP contribution in [-0.4, -0.2) is 72.6 Å². The second kappa shape index (κ2) is 11.7. The third-order valence-electron chi connectivity index (χ3n) is 7.02. The number of ketones is 1. The number of aliphatic hydroxyl groups is 1. The molecule has 2 aliphatic heterocycles. The van der Waals surface area contributed by atoms with Crippen molar-refractivity contribution in [3.05, 3.63) is 12.2 Å². The van der Waals surface area contributed by atoms with Crippen molar-refractivity contribution in [3.63, 3.8) is 0 Å². The van der Waals surface area contributed by atoms with Gasteiger partial charge in [-0.15, -0.1) is 0 Å². The molecule has 1 fully saturated rings. The SMILES string of the molecule is CCC1OC(=O)[C@H](C)C(O[C@@H]2O[C@H](C)C[C@H](N(C)C)[C@H]2O)[C@@H](C)C[C@@H](C)C(=O)/C=C\[C@H]1C. The number of ether oxygens (including phenoxy) is 3. The molecule has 7 heteroatoms. The van der Waals surface area contributed by atoms with Gasteiger partial charge in [-0.05, 0) is 59.2 Å². The zero-order chi connectivity index (χ0) is 24.2. The first kappa shape index (κ1) is 27.0. The molecule has 32 heavy (non-hydrogen) atoms. The van der Waals surface area contributed by atoms with Crippen molar-refractivity contribution in [1.82, 2.24) is 4.90 Å². The van der Waals surface area contributed by atoms with Crippen molar-refractivity contribution in [2.24, 2.45) is 23.7 Å². The third kappa shape index (κ3) is 6.62. The van der Waals surface area contributed by atoms with Crippen molar-refractivity contribution in [3.8, 4) is 0 Å². The molecule has 0 aliphatic carbocycles. The van der Waals surface area contributed by atoms with E-state index < -0.39 is 24.4 Å². The summed E-state index contributed by atoms with van der Waals surface area (Å²) in [7, 11) is 3.85. The van der Waals surface area contributed by atoms with Gasteiger partial charge in [0.1, 0.15) is 12.2 Å². The Morgan fingerprint density at radius 1 is 1.12 bits per heavy atom. The topological polar surface area (TPSA) is 85.3 Å². The number of allylic oxidation sites excluding steroid dienone is 1. The summed E-state index contributed by atoms with van der Waals surface area (Å²) in [6.07, 6.45) is 2.73. The lowest BCUT2D eigenvalue weighted by molar-refractivity contribution is -0.279. The molecule has 0 radical (unpaired) electrons. The Morgan fingerprint density at radius 3 is 2.38 bits per heavy atom. The first-order valence-corrected chi connectivity index (χ1v) is 12.0. The van der Waals surface area contributed by atoms with E-state index in [1.807, 2.05) is 59.7 Å². The van der Waals surface area contributed by atoms with E-state index in [2.05, 4.69) is 0 Å². The minimum atomic E-state index is -0.853. The van der Waals surface area contributed by atoms with Crippen LogP contribution < -0.4 is 0 Å². The fourth-order valence-electron chi connectivity index (χ4n) is 4.85. The van der Waals surface area contributed by atoms with Gasteiger partial charge in [-0.2, -0.15) is 0 Å². The van der Waals surface area contributed by atoms with Gasteiger partial charge in [-0.3, -0.25) is 9.59 Å². The molecule has 10 atom stereocenters. The van der Waals surface area contributed by atoms with E-state index in [9.17, 15) is 14.7 Å². The first-order chi connectivity index (χ1) is 15.0. The molecule has 0 spiro atoms. The third-order valence-corrected chi connectivity index (χ3v) is 7.02. The lowest BCUT2D eigenvalue weighted by atomic mass is 9.84. The van der Waals surface area contributed by atoms with Crippen LogP contribution in [-0.2, 0) is 23.8 Å². The van der Waals surface area contributed by atoms with Gasteiger partial charge in [0.25, 0.3) is 0 Å². The minimum Gasteiger partial charge on any atom is -0.461 e. The summed E-state index contributed by atoms with van der Waals surface area (Å²) in [4.78, 5) is 27.7. The molecule has 184 valence electrons. The van der Waals surface area contributed by atoms with E-state index in [1.54, 1.807) is 13.0 Å². The maximum absolute atomic E-state index is 13.1. The average molecular weight is 454 g/mol. The van der Waals surface area contributed by atoms with Crippen molar-refractivity contribution < 1.29 is 28.9 Å². The number of carbonyl (C=O) groups excluding carboxylic acids is 2. The summed E-state index contributed by atoms with van der Waals surface area (Å²) in [6, 6.07) is -0.108. The molecular weight excluding hydrogens is 410 g/mol. The smallest absolute Gasteiger partial charge is 0.311 e. The molecule has 2 heterocycles. The van der Waals surface area contributed by atoms with Gasteiger partial charge in [0.05, 0.1) is 18.1 Å². The fraction of sp³-hybridized carbons (Fsp3) is 0.840. The summed E-state index contributed by atoms with van der Waals surface area (Å²) in [5.41, 5.74) is 0. The lowest BCUT2D eigenvalue weighted by Gasteiger charge is -2.43. The second-order valence-electron chi connectivity index (χ2n) is 10.1. The number of esters is 1. The highest BCUT2D eigenvalue weighted by Crippen LogP contribution is 2.32. The number of rotatable bonds is 4. The molecule has 2 rings (SSSR count). The molecule has 0 amide bonds. The van der Waals surface area contributed by atoms with Crippen LogP contribution in [0.2, 0.25) is 0 Å². The van der Waals surface area contributed by atoms with Crippen LogP contribution in [0.5, 0.6) is 0 Å². The van der Waals surface area contributed by atoms with E-state index in [0.29, 0.717) is 19.3 Å². The van der Waals surface area contributed by atoms with Crippen LogP contribution in [0.15, 0.2) is 12.2 Å². The fourth-order valence-corrected chi connectivity index (χ4v) is 4.85. The van der Waals surface area contributed by atoms with Gasteiger partial charge in [-0.1, -0.05) is 33.8 Å². The molecule has 2 aliphatic rings. The van der Waals surface area contributed by atoms with Crippen molar-refractivity contribution >= 4 is 11.8 Å². The Hall–Kier alpha value is -1.28. The summed E-state index contributed by atoms with van der Waals surface area (Å²) < 4.78 is 18.2. The summed E-state index contributed by atoms with van der Waals surface area (Å²) in [5.74, 6) is -1.21. The molecular formula is C25H43NO6. The maximum Gasteiger partial charge on any atom is 0.311 e. The molecule has 0 aromatic rings. The number of hydrogen-bond donors (Lipinski definition) is 1. The van der Waals surface area contributed by atoms with Crippen molar-refractivity contribution in [1.29, 1.82) is 0 Å². The Bertz CT molecular complexity index is 665. The number of aliphatic hydroxyl groups excluding tert-OH is 1. The lowest BCUT2D eigenvalue weighted by Crippen LogP contribution is -2.56. The molecule has 7 nitrogen and oxygen atoms in total. The summed E-state index contributed by atoms with van der Waals surface area (Å²) in [5, 5.41) is 10.9. The minimum absolute atomic E-state index is 0.0614. The molecule has 1 saturated heterocycles. The highest BCUT2D eigenvalue weighted by molar-refractivity contribution is 5.91. The average Bonchev–Trinajstić information content (AvgIpc) is 2.73. The second-order valence-corrected chi connectivity index (χ2v) is 10.1. The van der Waals surface area contributed by atoms with Crippen LogP contribution in [0.3, 0.4) is 0 Å². The normalized spacial score (nSPS) is 43.3. The van der Waals surface area contributed by atoms with E-state index in [1.165, 1.54) is 0 Å². The first-order valence-electron chi connectivity index (χ1n) is 12.0. The largest absolute Gasteiger partial charge is 0.461 e. The maximum atomic E-state index is 13.1. The molecule has 0 aromatic carbocycles. The van der Waals surface area contributed by atoms with Crippen LogP contribution in [0.25, 0.3) is 0 Å². The number of carbonyl (C=O) groups is 2. The van der Waals surface area contributed by atoms with Gasteiger partial charge in [0.15, 0.2) is 12.1 Å². The molecule has 0 bridgehead atoms. The van der Waals surface area contributed by atoms with Gasteiger partial charge in [0.2, 0.25) is 0 Å². The van der Waals surface area contributed by atoms with Gasteiger partial charge >= 0.3 is 5.97 Å². The Labute approximate surface area is 193 Å². The summed E-state index contributed by atoms with van der Waals surface area (Å²) >= 11 is 0. The molecule has 1 N–H and O–H groups in total. The summed E-state index contributed by atoms with van der Waals surface area (Å²) in [6.45, 7) is 11.6. The number of hydrogen-bond acceptors (Lipinski definition) is 7. The molecule has 0 saturated carbocycles. The number of cyclic esters (lactones) is 1. The quantitative estimate of drug-likeness (QED) is 0.654. The van der Waals surface area contributed by atoms with E-state index in [-0.39, 0.29) is 47.8 Å². The monoisotopic (exact) mass is 453 g/mol. The molecule has 0 aromatic heterocycles. The van der Waals surface area contributed by atoms with E-state index >= 15 is 0 Å². The van der Waals surface area contributed by atoms with Crippen LogP contribution in [0, 0.1) is 23.7 Å². The highest BCUT2D eigenvalue weighted by atomic mass is 16.7. The predicted molar refractivity (Wildman–Crippen MR) is 123 cm³/mol.